The fraction of sp³-hybridized carbons (Fsp3) is 0.700. The number of nitrogens with zero attached hydrogens (tertiary/aromatic N) is 2. The van der Waals surface area contributed by atoms with Gasteiger partial charge in [-0.15, -0.1) is 11.8 Å². The molecule has 0 aliphatic carbocycles. The molecule has 1 saturated heterocycles. The molecule has 1 rings (SSSR count). The second-order valence-corrected chi connectivity index (χ2v) is 4.84. The molecular weight excluding hydrogens is 244 g/mol. The monoisotopic (exact) mass is 260 g/mol. The standard InChI is InChI=1S/C10H16N2O4S/c1-11(4-2-3-10(15)16)8(13)5-12-7-17-6-9(12)14/h2-7H2,1H3,(H,15,16). The molecule has 6 nitrogen and oxygen atoms in total. The van der Waals surface area contributed by atoms with E-state index in [1.807, 2.05) is 0 Å². The third-order valence-electron chi connectivity index (χ3n) is 2.46. The van der Waals surface area contributed by atoms with Gasteiger partial charge in [-0.25, -0.2) is 0 Å². The predicted octanol–water partition coefficient (Wildman–Crippen LogP) is -0.157. The average molecular weight is 260 g/mol. The van der Waals surface area contributed by atoms with E-state index in [9.17, 15) is 14.4 Å². The van der Waals surface area contributed by atoms with E-state index in [0.717, 1.165) is 0 Å². The second kappa shape index (κ2) is 6.48. The number of thioether (sulfide) groups is 1. The van der Waals surface area contributed by atoms with Gasteiger partial charge in [0.25, 0.3) is 0 Å². The lowest BCUT2D eigenvalue weighted by molar-refractivity contribution is -0.138. The van der Waals surface area contributed by atoms with Crippen LogP contribution >= 0.6 is 11.8 Å². The van der Waals surface area contributed by atoms with Crippen LogP contribution in [-0.2, 0) is 14.4 Å². The fourth-order valence-corrected chi connectivity index (χ4v) is 2.32. The molecule has 1 heterocycles. The minimum absolute atomic E-state index is 0.0118. The van der Waals surface area contributed by atoms with Gasteiger partial charge in [0, 0.05) is 20.0 Å². The van der Waals surface area contributed by atoms with Crippen LogP contribution in [0.1, 0.15) is 12.8 Å². The molecule has 96 valence electrons. The molecule has 0 atom stereocenters. The van der Waals surface area contributed by atoms with Crippen molar-refractivity contribution >= 4 is 29.5 Å². The van der Waals surface area contributed by atoms with E-state index in [-0.39, 0.29) is 24.8 Å². The Morgan fingerprint density at radius 3 is 2.76 bits per heavy atom. The molecular formula is C10H16N2O4S. The lowest BCUT2D eigenvalue weighted by atomic mass is 10.3. The quantitative estimate of drug-likeness (QED) is 0.718. The molecule has 1 aliphatic rings. The van der Waals surface area contributed by atoms with Crippen LogP contribution in [0.4, 0.5) is 0 Å². The number of hydrogen-bond donors (Lipinski definition) is 1. The number of carbonyl (C=O) groups excluding carboxylic acids is 2. The van der Waals surface area contributed by atoms with Crippen LogP contribution in [-0.4, -0.2) is 64.5 Å². The number of amides is 2. The molecule has 0 aromatic rings. The highest BCUT2D eigenvalue weighted by Gasteiger charge is 2.24. The van der Waals surface area contributed by atoms with E-state index in [4.69, 9.17) is 5.11 Å². The number of carboxylic acid groups (broad SMARTS) is 1. The van der Waals surface area contributed by atoms with Gasteiger partial charge in [-0.1, -0.05) is 0 Å². The predicted molar refractivity (Wildman–Crippen MR) is 63.5 cm³/mol. The van der Waals surface area contributed by atoms with Crippen LogP contribution in [0.3, 0.4) is 0 Å². The van der Waals surface area contributed by atoms with Gasteiger partial charge < -0.3 is 14.9 Å². The maximum Gasteiger partial charge on any atom is 0.303 e. The Kier molecular flexibility index (Phi) is 5.27. The summed E-state index contributed by atoms with van der Waals surface area (Å²) in [6, 6.07) is 0. The van der Waals surface area contributed by atoms with Crippen molar-refractivity contribution in [3.05, 3.63) is 0 Å². The minimum Gasteiger partial charge on any atom is -0.481 e. The van der Waals surface area contributed by atoms with E-state index in [2.05, 4.69) is 0 Å². The summed E-state index contributed by atoms with van der Waals surface area (Å²) in [7, 11) is 1.62. The molecule has 7 heteroatoms. The van der Waals surface area contributed by atoms with Crippen molar-refractivity contribution in [2.24, 2.45) is 0 Å². The zero-order chi connectivity index (χ0) is 12.8. The van der Waals surface area contributed by atoms with Crippen molar-refractivity contribution in [3.63, 3.8) is 0 Å². The highest BCUT2D eigenvalue weighted by Crippen LogP contribution is 2.14. The van der Waals surface area contributed by atoms with Gasteiger partial charge in [0.2, 0.25) is 11.8 Å². The van der Waals surface area contributed by atoms with Gasteiger partial charge in [0.15, 0.2) is 0 Å². The molecule has 0 radical (unpaired) electrons. The van der Waals surface area contributed by atoms with Gasteiger partial charge in [-0.2, -0.15) is 0 Å². The van der Waals surface area contributed by atoms with Gasteiger partial charge in [0.1, 0.15) is 6.54 Å². The smallest absolute Gasteiger partial charge is 0.303 e. The summed E-state index contributed by atoms with van der Waals surface area (Å²) in [5.41, 5.74) is 0. The second-order valence-electron chi connectivity index (χ2n) is 3.88. The minimum atomic E-state index is -0.864. The van der Waals surface area contributed by atoms with Crippen molar-refractivity contribution < 1.29 is 19.5 Å². The van der Waals surface area contributed by atoms with E-state index in [1.54, 1.807) is 7.05 Å². The largest absolute Gasteiger partial charge is 0.481 e. The van der Waals surface area contributed by atoms with Crippen molar-refractivity contribution in [1.29, 1.82) is 0 Å². The summed E-state index contributed by atoms with van der Waals surface area (Å²) in [5, 5.41) is 8.47. The van der Waals surface area contributed by atoms with Crippen LogP contribution < -0.4 is 0 Å². The Labute approximate surface area is 104 Å². The Morgan fingerprint density at radius 2 is 2.24 bits per heavy atom. The van der Waals surface area contributed by atoms with Crippen LogP contribution in [0, 0.1) is 0 Å². The van der Waals surface area contributed by atoms with Crippen LogP contribution in [0.25, 0.3) is 0 Å². The summed E-state index contributed by atoms with van der Waals surface area (Å²) >= 11 is 1.49. The SMILES string of the molecule is CN(CCCC(=O)O)C(=O)CN1CSCC1=O. The van der Waals surface area contributed by atoms with Crippen LogP contribution in [0.15, 0.2) is 0 Å². The number of aliphatic carboxylic acids is 1. The van der Waals surface area contributed by atoms with Gasteiger partial charge in [-0.3, -0.25) is 14.4 Å². The van der Waals surface area contributed by atoms with Crippen molar-refractivity contribution in [2.45, 2.75) is 12.8 Å². The van der Waals surface area contributed by atoms with E-state index in [1.165, 1.54) is 21.6 Å². The maximum absolute atomic E-state index is 11.7. The molecule has 0 aromatic heterocycles. The van der Waals surface area contributed by atoms with Gasteiger partial charge >= 0.3 is 5.97 Å². The van der Waals surface area contributed by atoms with Gasteiger partial charge in [0.05, 0.1) is 11.6 Å². The molecule has 1 N–H and O–H groups in total. The molecule has 2 amide bonds. The van der Waals surface area contributed by atoms with E-state index in [0.29, 0.717) is 24.6 Å². The summed E-state index contributed by atoms with van der Waals surface area (Å²) in [6.45, 7) is 0.496. The molecule has 1 aliphatic heterocycles. The van der Waals surface area contributed by atoms with Crippen molar-refractivity contribution in [1.82, 2.24) is 9.80 Å². The first kappa shape index (κ1) is 13.8. The highest BCUT2D eigenvalue weighted by atomic mass is 32.2. The topological polar surface area (TPSA) is 77.9 Å². The normalized spacial score (nSPS) is 15.1. The molecule has 17 heavy (non-hydrogen) atoms. The number of hydrogen-bond acceptors (Lipinski definition) is 4. The zero-order valence-corrected chi connectivity index (χ0v) is 10.5. The first-order chi connectivity index (χ1) is 8.00. The molecule has 0 aromatic carbocycles. The first-order valence-corrected chi connectivity index (χ1v) is 6.47. The number of carboxylic acids is 1. The number of carbonyl (C=O) groups is 3. The third-order valence-corrected chi connectivity index (χ3v) is 3.41. The Hall–Kier alpha value is -1.24. The number of rotatable bonds is 6. The Morgan fingerprint density at radius 1 is 1.53 bits per heavy atom. The average Bonchev–Trinajstić information content (AvgIpc) is 2.63. The lowest BCUT2D eigenvalue weighted by Crippen LogP contribution is -2.39. The molecule has 1 fully saturated rings. The van der Waals surface area contributed by atoms with Crippen molar-refractivity contribution in [2.75, 3.05) is 31.8 Å². The summed E-state index contributed by atoms with van der Waals surface area (Å²) in [6.07, 6.45) is 0.483. The number of likely N-dealkylation sites (N-methyl/N-ethyl adjacent to an activating group) is 1. The third kappa shape index (κ3) is 4.64. The maximum atomic E-state index is 11.7. The summed E-state index contributed by atoms with van der Waals surface area (Å²) < 4.78 is 0. The summed E-state index contributed by atoms with van der Waals surface area (Å²) in [4.78, 5) is 36.3. The van der Waals surface area contributed by atoms with E-state index >= 15 is 0 Å². The lowest BCUT2D eigenvalue weighted by Gasteiger charge is -2.20. The van der Waals surface area contributed by atoms with Crippen LogP contribution in [0.2, 0.25) is 0 Å². The van der Waals surface area contributed by atoms with Crippen LogP contribution in [0.5, 0.6) is 0 Å². The molecule has 0 spiro atoms. The molecule has 0 saturated carbocycles. The van der Waals surface area contributed by atoms with E-state index < -0.39 is 5.97 Å². The highest BCUT2D eigenvalue weighted by molar-refractivity contribution is 8.00. The van der Waals surface area contributed by atoms with Crippen molar-refractivity contribution in [3.8, 4) is 0 Å². The first-order valence-electron chi connectivity index (χ1n) is 5.32. The fourth-order valence-electron chi connectivity index (χ4n) is 1.42. The summed E-state index contributed by atoms with van der Waals surface area (Å²) in [5.74, 6) is -0.0192. The molecule has 0 unspecified atom stereocenters. The molecule has 0 bridgehead atoms. The Balaban J connectivity index is 2.26. The van der Waals surface area contributed by atoms with Gasteiger partial charge in [-0.05, 0) is 6.42 Å². The zero-order valence-electron chi connectivity index (χ0n) is 9.72. The Bertz CT molecular complexity index is 321.